The van der Waals surface area contributed by atoms with E-state index in [1.54, 1.807) is 12.1 Å². The molecule has 1 fully saturated rings. The molecule has 1 aromatic heterocycles. The molecule has 0 spiro atoms. The number of nitrogens with one attached hydrogen (secondary N) is 1. The van der Waals surface area contributed by atoms with Crippen LogP contribution in [0.1, 0.15) is 9.67 Å². The van der Waals surface area contributed by atoms with E-state index in [1.807, 2.05) is 0 Å². The van der Waals surface area contributed by atoms with Gasteiger partial charge < -0.3 is 20.4 Å². The van der Waals surface area contributed by atoms with Crippen LogP contribution in [-0.2, 0) is 0 Å². The van der Waals surface area contributed by atoms with Crippen LogP contribution in [0.25, 0.3) is 0 Å². The zero-order valence-corrected chi connectivity index (χ0v) is 10.7. The Kier molecular flexibility index (Phi) is 3.74. The number of aliphatic hydroxyl groups is 1. The highest BCUT2D eigenvalue weighted by molar-refractivity contribution is 7.17. The largest absolute Gasteiger partial charge is 0.465 e. The summed E-state index contributed by atoms with van der Waals surface area (Å²) in [6, 6.07) is 2.60. The second kappa shape index (κ2) is 5.13. The van der Waals surface area contributed by atoms with Crippen molar-refractivity contribution in [3.8, 4) is 0 Å². The van der Waals surface area contributed by atoms with Crippen molar-refractivity contribution in [3.05, 3.63) is 21.3 Å². The first-order valence-corrected chi connectivity index (χ1v) is 6.39. The Hall–Kier alpha value is -1.31. The lowest BCUT2D eigenvalue weighted by atomic mass is 10.2. The van der Waals surface area contributed by atoms with Crippen molar-refractivity contribution in [1.29, 1.82) is 0 Å². The third-order valence-electron chi connectivity index (χ3n) is 2.67. The number of carboxylic acid groups (broad SMARTS) is 1. The maximum atomic E-state index is 11.8. The SMILES string of the molecule is O=C(NC1CN(C(=O)O)CC1O)c1ccc(Cl)s1. The molecular weight excluding hydrogens is 280 g/mol. The molecular formula is C10H11ClN2O4S. The van der Waals surface area contributed by atoms with Crippen LogP contribution in [0.3, 0.4) is 0 Å². The van der Waals surface area contributed by atoms with Gasteiger partial charge in [-0.1, -0.05) is 11.6 Å². The minimum Gasteiger partial charge on any atom is -0.465 e. The summed E-state index contributed by atoms with van der Waals surface area (Å²) >= 11 is 6.85. The van der Waals surface area contributed by atoms with Gasteiger partial charge in [0.05, 0.1) is 27.9 Å². The number of carbonyl (C=O) groups is 2. The van der Waals surface area contributed by atoms with Gasteiger partial charge in [-0.25, -0.2) is 4.79 Å². The average molecular weight is 291 g/mol. The number of nitrogens with zero attached hydrogens (tertiary/aromatic N) is 1. The van der Waals surface area contributed by atoms with Crippen molar-refractivity contribution in [1.82, 2.24) is 10.2 Å². The highest BCUT2D eigenvalue weighted by Crippen LogP contribution is 2.21. The highest BCUT2D eigenvalue weighted by atomic mass is 35.5. The molecule has 0 aromatic carbocycles. The van der Waals surface area contributed by atoms with Crippen molar-refractivity contribution in [2.45, 2.75) is 12.1 Å². The molecule has 2 amide bonds. The zero-order chi connectivity index (χ0) is 13.3. The summed E-state index contributed by atoms with van der Waals surface area (Å²) < 4.78 is 0.499. The van der Waals surface area contributed by atoms with E-state index in [0.29, 0.717) is 9.21 Å². The number of carbonyl (C=O) groups excluding carboxylic acids is 1. The Morgan fingerprint density at radius 3 is 2.67 bits per heavy atom. The number of halogens is 1. The van der Waals surface area contributed by atoms with Crippen LogP contribution < -0.4 is 5.32 Å². The number of amides is 2. The van der Waals surface area contributed by atoms with E-state index in [2.05, 4.69) is 5.32 Å². The molecule has 0 radical (unpaired) electrons. The van der Waals surface area contributed by atoms with Gasteiger partial charge in [-0.3, -0.25) is 4.79 Å². The van der Waals surface area contributed by atoms with Crippen LogP contribution in [0.5, 0.6) is 0 Å². The first kappa shape index (κ1) is 13.1. The standard InChI is InChI=1S/C10H11ClN2O4S/c11-8-2-1-7(18-8)9(15)12-5-3-13(10(16)17)4-6(5)14/h1-2,5-6,14H,3-4H2,(H,12,15)(H,16,17). The van der Waals surface area contributed by atoms with Gasteiger partial charge in [-0.2, -0.15) is 0 Å². The molecule has 1 aliphatic heterocycles. The number of β-amino-alcohol motifs (C(OH)–C–C–N with tert-alkyl or cyclic N) is 1. The molecule has 1 aromatic rings. The Morgan fingerprint density at radius 2 is 2.17 bits per heavy atom. The van der Waals surface area contributed by atoms with Gasteiger partial charge in [0.25, 0.3) is 5.91 Å². The Labute approximate surface area is 112 Å². The molecule has 8 heteroatoms. The maximum Gasteiger partial charge on any atom is 0.407 e. The minimum absolute atomic E-state index is 0.00543. The zero-order valence-electron chi connectivity index (χ0n) is 9.17. The van der Waals surface area contributed by atoms with E-state index in [9.17, 15) is 14.7 Å². The number of rotatable bonds is 2. The first-order valence-electron chi connectivity index (χ1n) is 5.19. The van der Waals surface area contributed by atoms with Gasteiger partial charge in [0.2, 0.25) is 0 Å². The lowest BCUT2D eigenvalue weighted by Gasteiger charge is -2.14. The van der Waals surface area contributed by atoms with Gasteiger partial charge in [0.15, 0.2) is 0 Å². The summed E-state index contributed by atoms with van der Waals surface area (Å²) in [5, 5.41) is 21.1. The van der Waals surface area contributed by atoms with Crippen molar-refractivity contribution in [2.75, 3.05) is 13.1 Å². The van der Waals surface area contributed by atoms with Gasteiger partial charge in [-0.05, 0) is 12.1 Å². The van der Waals surface area contributed by atoms with Crippen LogP contribution in [0, 0.1) is 0 Å². The third kappa shape index (κ3) is 2.74. The molecule has 1 saturated heterocycles. The molecule has 2 heterocycles. The summed E-state index contributed by atoms with van der Waals surface area (Å²) in [5.41, 5.74) is 0. The second-order valence-electron chi connectivity index (χ2n) is 3.94. The second-order valence-corrected chi connectivity index (χ2v) is 5.65. The summed E-state index contributed by atoms with van der Waals surface area (Å²) in [4.78, 5) is 24.0. The van der Waals surface area contributed by atoms with Crippen LogP contribution in [0.4, 0.5) is 4.79 Å². The van der Waals surface area contributed by atoms with E-state index >= 15 is 0 Å². The highest BCUT2D eigenvalue weighted by Gasteiger charge is 2.35. The fraction of sp³-hybridized carbons (Fsp3) is 0.400. The molecule has 98 valence electrons. The van der Waals surface area contributed by atoms with Crippen LogP contribution >= 0.6 is 22.9 Å². The normalized spacial score (nSPS) is 23.1. The third-order valence-corrected chi connectivity index (χ3v) is 3.90. The van der Waals surface area contributed by atoms with E-state index in [-0.39, 0.29) is 19.0 Å². The summed E-state index contributed by atoms with van der Waals surface area (Å²) in [7, 11) is 0. The van der Waals surface area contributed by atoms with Crippen molar-refractivity contribution in [3.63, 3.8) is 0 Å². The lowest BCUT2D eigenvalue weighted by Crippen LogP contribution is -2.42. The predicted octanol–water partition coefficient (Wildman–Crippen LogP) is 0.854. The fourth-order valence-electron chi connectivity index (χ4n) is 1.76. The van der Waals surface area contributed by atoms with E-state index in [4.69, 9.17) is 16.7 Å². The maximum absolute atomic E-state index is 11.8. The number of thiophene rings is 1. The summed E-state index contributed by atoms with van der Waals surface area (Å²) in [6.45, 7) is 0.0901. The van der Waals surface area contributed by atoms with Crippen LogP contribution in [0.2, 0.25) is 4.34 Å². The molecule has 0 bridgehead atoms. The number of aliphatic hydroxyl groups excluding tert-OH is 1. The Morgan fingerprint density at radius 1 is 1.44 bits per heavy atom. The smallest absolute Gasteiger partial charge is 0.407 e. The lowest BCUT2D eigenvalue weighted by molar-refractivity contribution is 0.0892. The quantitative estimate of drug-likeness (QED) is 0.753. The summed E-state index contributed by atoms with van der Waals surface area (Å²) in [5.74, 6) is -0.358. The number of hydrogen-bond donors (Lipinski definition) is 3. The molecule has 3 N–H and O–H groups in total. The predicted molar refractivity (Wildman–Crippen MR) is 66.2 cm³/mol. The number of hydrogen-bond acceptors (Lipinski definition) is 4. The monoisotopic (exact) mass is 290 g/mol. The molecule has 0 saturated carbocycles. The topological polar surface area (TPSA) is 89.9 Å². The minimum atomic E-state index is -1.11. The molecule has 2 unspecified atom stereocenters. The van der Waals surface area contributed by atoms with Crippen molar-refractivity contribution >= 4 is 34.9 Å². The van der Waals surface area contributed by atoms with Gasteiger partial charge in [0, 0.05) is 6.54 Å². The number of likely N-dealkylation sites (tertiary alicyclic amines) is 1. The molecule has 18 heavy (non-hydrogen) atoms. The molecule has 1 aliphatic rings. The molecule has 0 aliphatic carbocycles. The summed E-state index contributed by atoms with van der Waals surface area (Å²) in [6.07, 6.45) is -1.99. The molecule has 2 rings (SSSR count). The van der Waals surface area contributed by atoms with Crippen LogP contribution in [-0.4, -0.2) is 52.3 Å². The van der Waals surface area contributed by atoms with Gasteiger partial charge in [-0.15, -0.1) is 11.3 Å². The fourth-order valence-corrected chi connectivity index (χ4v) is 2.71. The van der Waals surface area contributed by atoms with Crippen LogP contribution in [0.15, 0.2) is 12.1 Å². The van der Waals surface area contributed by atoms with Crippen molar-refractivity contribution < 1.29 is 19.8 Å². The molecule has 6 nitrogen and oxygen atoms in total. The van der Waals surface area contributed by atoms with Gasteiger partial charge in [0.1, 0.15) is 0 Å². The first-order chi connectivity index (χ1) is 8.47. The Bertz CT molecular complexity index is 478. The van der Waals surface area contributed by atoms with Crippen molar-refractivity contribution in [2.24, 2.45) is 0 Å². The Balaban J connectivity index is 1.98. The molecule has 2 atom stereocenters. The average Bonchev–Trinajstić information content (AvgIpc) is 2.86. The van der Waals surface area contributed by atoms with E-state index in [1.165, 1.54) is 0 Å². The van der Waals surface area contributed by atoms with Gasteiger partial charge >= 0.3 is 6.09 Å². The van der Waals surface area contributed by atoms with E-state index in [0.717, 1.165) is 16.2 Å². The van der Waals surface area contributed by atoms with E-state index < -0.39 is 18.2 Å².